The largest absolute Gasteiger partial charge is 0.360 e. The van der Waals surface area contributed by atoms with Gasteiger partial charge in [0.05, 0.1) is 22.3 Å². The Morgan fingerprint density at radius 1 is 1.11 bits per heavy atom. The van der Waals surface area contributed by atoms with Crippen LogP contribution in [-0.4, -0.2) is 18.4 Å². The number of rotatable bonds is 4. The van der Waals surface area contributed by atoms with Crippen LogP contribution in [0.25, 0.3) is 22.0 Å². The summed E-state index contributed by atoms with van der Waals surface area (Å²) >= 11 is 0. The Balaban J connectivity index is 1.71. The van der Waals surface area contributed by atoms with Gasteiger partial charge in [-0.1, -0.05) is 24.3 Å². The van der Waals surface area contributed by atoms with E-state index in [1.54, 1.807) is 18.5 Å². The van der Waals surface area contributed by atoms with Crippen molar-refractivity contribution in [1.82, 2.24) is 9.97 Å². The lowest BCUT2D eigenvalue weighted by molar-refractivity contribution is 0.587. The minimum Gasteiger partial charge on any atom is -0.360 e. The van der Waals surface area contributed by atoms with Gasteiger partial charge in [0.25, 0.3) is 0 Å². The summed E-state index contributed by atoms with van der Waals surface area (Å²) in [6, 6.07) is 14.8. The molecule has 0 aliphatic carbocycles. The molecular formula is C21H14FN3O2S. The molecule has 0 aliphatic rings. The smallest absolute Gasteiger partial charge is 0.184 e. The molecule has 0 atom stereocenters. The highest BCUT2D eigenvalue weighted by molar-refractivity contribution is 7.90. The fourth-order valence-electron chi connectivity index (χ4n) is 3.09. The summed E-state index contributed by atoms with van der Waals surface area (Å²) in [5.41, 5.74) is 2.67. The van der Waals surface area contributed by atoms with E-state index in [1.807, 2.05) is 30.3 Å². The fourth-order valence-corrected chi connectivity index (χ4v) is 4.64. The Kier molecular flexibility index (Phi) is 4.41. The molecule has 2 heterocycles. The van der Waals surface area contributed by atoms with Crippen molar-refractivity contribution in [3.05, 3.63) is 84.1 Å². The number of H-pyrrole nitrogens is 1. The lowest BCUT2D eigenvalue weighted by atomic mass is 10.1. The molecule has 0 saturated heterocycles. The first-order chi connectivity index (χ1) is 13.5. The van der Waals surface area contributed by atoms with Crippen molar-refractivity contribution in [2.75, 3.05) is 0 Å². The summed E-state index contributed by atoms with van der Waals surface area (Å²) in [7, 11) is -3.78. The molecule has 5 nitrogen and oxygen atoms in total. The average molecular weight is 391 g/mol. The molecule has 0 fully saturated rings. The third-order valence-corrected chi connectivity index (χ3v) is 6.20. The molecule has 28 heavy (non-hydrogen) atoms. The van der Waals surface area contributed by atoms with E-state index in [4.69, 9.17) is 5.26 Å². The summed E-state index contributed by atoms with van der Waals surface area (Å²) < 4.78 is 39.9. The highest BCUT2D eigenvalue weighted by Crippen LogP contribution is 2.30. The molecule has 7 heteroatoms. The van der Waals surface area contributed by atoms with E-state index < -0.39 is 21.4 Å². The Morgan fingerprint density at radius 3 is 2.68 bits per heavy atom. The Bertz CT molecular complexity index is 1320. The van der Waals surface area contributed by atoms with Gasteiger partial charge in [0.15, 0.2) is 9.84 Å². The van der Waals surface area contributed by atoms with Crippen LogP contribution >= 0.6 is 0 Å². The van der Waals surface area contributed by atoms with Crippen molar-refractivity contribution in [1.29, 1.82) is 5.26 Å². The van der Waals surface area contributed by atoms with Crippen LogP contribution < -0.4 is 0 Å². The van der Waals surface area contributed by atoms with Crippen LogP contribution in [0.1, 0.15) is 11.1 Å². The number of pyridine rings is 1. The molecule has 0 unspecified atom stereocenters. The number of fused-ring (bicyclic) bond motifs is 1. The second-order valence-electron chi connectivity index (χ2n) is 6.33. The summed E-state index contributed by atoms with van der Waals surface area (Å²) in [6.07, 6.45) is 4.84. The maximum absolute atomic E-state index is 14.1. The number of sulfone groups is 1. The van der Waals surface area contributed by atoms with E-state index >= 15 is 0 Å². The van der Waals surface area contributed by atoms with Crippen molar-refractivity contribution in [2.24, 2.45) is 0 Å². The molecule has 0 saturated carbocycles. The normalized spacial score (nSPS) is 11.4. The SMILES string of the molecule is N#Cc1ccc(CS(=O)(=O)c2c[nH]c3cc(-c4cccnc4)ccc23)c(F)c1. The van der Waals surface area contributed by atoms with Crippen LogP contribution in [-0.2, 0) is 15.6 Å². The van der Waals surface area contributed by atoms with E-state index in [9.17, 15) is 12.8 Å². The molecule has 0 spiro atoms. The predicted octanol–water partition coefficient (Wildman–Crippen LogP) is 4.21. The highest BCUT2D eigenvalue weighted by Gasteiger charge is 2.22. The van der Waals surface area contributed by atoms with E-state index in [2.05, 4.69) is 9.97 Å². The predicted molar refractivity (Wildman–Crippen MR) is 104 cm³/mol. The number of hydrogen-bond donors (Lipinski definition) is 1. The first-order valence-electron chi connectivity index (χ1n) is 8.41. The molecule has 0 amide bonds. The van der Waals surface area contributed by atoms with Crippen LogP contribution in [0.2, 0.25) is 0 Å². The lowest BCUT2D eigenvalue weighted by Gasteiger charge is -2.06. The van der Waals surface area contributed by atoms with Crippen LogP contribution in [0.15, 0.2) is 72.0 Å². The first-order valence-corrected chi connectivity index (χ1v) is 10.1. The second-order valence-corrected chi connectivity index (χ2v) is 8.29. The number of nitrogens with one attached hydrogen (secondary N) is 1. The van der Waals surface area contributed by atoms with Gasteiger partial charge in [-0.25, -0.2) is 12.8 Å². The number of nitriles is 1. The first kappa shape index (κ1) is 17.9. The number of benzene rings is 2. The van der Waals surface area contributed by atoms with Crippen molar-refractivity contribution in [3.63, 3.8) is 0 Å². The van der Waals surface area contributed by atoms with Gasteiger partial charge in [0.1, 0.15) is 5.82 Å². The Hall–Kier alpha value is -3.50. The molecule has 0 aliphatic heterocycles. The molecule has 2 aromatic heterocycles. The number of halogens is 1. The minimum absolute atomic E-state index is 0.0281. The van der Waals surface area contributed by atoms with Crippen molar-refractivity contribution >= 4 is 20.7 Å². The van der Waals surface area contributed by atoms with Crippen LogP contribution in [0, 0.1) is 17.1 Å². The van der Waals surface area contributed by atoms with Gasteiger partial charge in [0.2, 0.25) is 0 Å². The third-order valence-electron chi connectivity index (χ3n) is 4.50. The monoisotopic (exact) mass is 391 g/mol. The summed E-state index contributed by atoms with van der Waals surface area (Å²) in [5, 5.41) is 9.36. The summed E-state index contributed by atoms with van der Waals surface area (Å²) in [5.74, 6) is -1.19. The molecule has 4 aromatic rings. The van der Waals surface area contributed by atoms with Gasteiger partial charge in [-0.3, -0.25) is 4.98 Å². The topological polar surface area (TPSA) is 86.6 Å². The quantitative estimate of drug-likeness (QED) is 0.564. The maximum atomic E-state index is 14.1. The molecule has 2 aromatic carbocycles. The number of aromatic amines is 1. The van der Waals surface area contributed by atoms with Crippen molar-refractivity contribution < 1.29 is 12.8 Å². The lowest BCUT2D eigenvalue weighted by Crippen LogP contribution is -2.06. The molecule has 4 rings (SSSR count). The van der Waals surface area contributed by atoms with Gasteiger partial charge in [-0.15, -0.1) is 0 Å². The molecule has 138 valence electrons. The van der Waals surface area contributed by atoms with E-state index in [1.165, 1.54) is 18.3 Å². The van der Waals surface area contributed by atoms with Crippen LogP contribution in [0.3, 0.4) is 0 Å². The number of hydrogen-bond acceptors (Lipinski definition) is 4. The van der Waals surface area contributed by atoms with Crippen LogP contribution in [0.4, 0.5) is 4.39 Å². The molecule has 1 N–H and O–H groups in total. The number of aromatic nitrogens is 2. The minimum atomic E-state index is -3.78. The summed E-state index contributed by atoms with van der Waals surface area (Å²) in [6.45, 7) is 0. The highest BCUT2D eigenvalue weighted by atomic mass is 32.2. The number of nitrogens with zero attached hydrogens (tertiary/aromatic N) is 2. The van der Waals surface area contributed by atoms with Gasteiger partial charge in [-0.2, -0.15) is 5.26 Å². The van der Waals surface area contributed by atoms with E-state index in [0.717, 1.165) is 17.2 Å². The zero-order valence-electron chi connectivity index (χ0n) is 14.6. The zero-order valence-corrected chi connectivity index (χ0v) is 15.4. The van der Waals surface area contributed by atoms with Crippen molar-refractivity contribution in [2.45, 2.75) is 10.6 Å². The average Bonchev–Trinajstić information content (AvgIpc) is 3.14. The molecular weight excluding hydrogens is 377 g/mol. The Morgan fingerprint density at radius 2 is 1.96 bits per heavy atom. The maximum Gasteiger partial charge on any atom is 0.184 e. The fraction of sp³-hybridized carbons (Fsp3) is 0.0476. The van der Waals surface area contributed by atoms with Crippen molar-refractivity contribution in [3.8, 4) is 17.2 Å². The van der Waals surface area contributed by atoms with Gasteiger partial charge in [0, 0.05) is 40.6 Å². The van der Waals surface area contributed by atoms with E-state index in [-0.39, 0.29) is 16.0 Å². The van der Waals surface area contributed by atoms with E-state index in [0.29, 0.717) is 10.9 Å². The van der Waals surface area contributed by atoms with Gasteiger partial charge >= 0.3 is 0 Å². The van der Waals surface area contributed by atoms with Gasteiger partial charge in [-0.05, 0) is 29.8 Å². The van der Waals surface area contributed by atoms with Crippen LogP contribution in [0.5, 0.6) is 0 Å². The van der Waals surface area contributed by atoms with Gasteiger partial charge < -0.3 is 4.98 Å². The standard InChI is InChI=1S/C21H14FN3O2S/c22-19-8-14(10-23)3-4-17(19)13-28(26,27)21-12-25-20-9-15(5-6-18(20)21)16-2-1-7-24-11-16/h1-9,11-12,25H,13H2. The Labute approximate surface area is 161 Å². The summed E-state index contributed by atoms with van der Waals surface area (Å²) in [4.78, 5) is 7.19. The molecule has 0 radical (unpaired) electrons. The second kappa shape index (κ2) is 6.91. The third kappa shape index (κ3) is 3.26. The molecule has 0 bridgehead atoms. The zero-order chi connectivity index (χ0) is 19.7.